The van der Waals surface area contributed by atoms with Crippen molar-refractivity contribution in [3.8, 4) is 6.07 Å². The second kappa shape index (κ2) is 8.17. The molecule has 2 saturated carbocycles. The van der Waals surface area contributed by atoms with Gasteiger partial charge in [-0.3, -0.25) is 0 Å². The molecule has 3 heteroatoms. The molecule has 0 bridgehead atoms. The highest BCUT2D eigenvalue weighted by molar-refractivity contribution is 5.87. The molecule has 0 aromatic heterocycles. The summed E-state index contributed by atoms with van der Waals surface area (Å²) in [4.78, 5) is 11.4. The van der Waals surface area contributed by atoms with Crippen molar-refractivity contribution in [3.63, 3.8) is 0 Å². The zero-order valence-corrected chi connectivity index (χ0v) is 13.5. The van der Waals surface area contributed by atoms with Crippen LogP contribution >= 0.6 is 0 Å². The van der Waals surface area contributed by atoms with Gasteiger partial charge in [0.15, 0.2) is 0 Å². The van der Waals surface area contributed by atoms with E-state index in [4.69, 9.17) is 5.26 Å². The average molecular weight is 301 g/mol. The molecule has 0 unspecified atom stereocenters. The molecular formula is C19H27NO2. The lowest BCUT2D eigenvalue weighted by molar-refractivity contribution is -0.133. The van der Waals surface area contributed by atoms with Crippen LogP contribution < -0.4 is 0 Å². The van der Waals surface area contributed by atoms with Crippen molar-refractivity contribution in [1.82, 2.24) is 0 Å². The molecule has 0 aromatic rings. The third kappa shape index (κ3) is 4.22. The highest BCUT2D eigenvalue weighted by Crippen LogP contribution is 2.42. The maximum Gasteiger partial charge on any atom is 0.331 e. The number of carboxylic acid groups (broad SMARTS) is 1. The minimum atomic E-state index is -0.768. The molecule has 3 nitrogen and oxygen atoms in total. The molecule has 2 aliphatic rings. The maximum absolute atomic E-state index is 11.4. The van der Waals surface area contributed by atoms with Crippen molar-refractivity contribution in [2.45, 2.75) is 58.3 Å². The molecule has 22 heavy (non-hydrogen) atoms. The number of nitriles is 1. The van der Waals surface area contributed by atoms with Crippen molar-refractivity contribution in [1.29, 1.82) is 5.26 Å². The minimum Gasteiger partial charge on any atom is -0.478 e. The summed E-state index contributed by atoms with van der Waals surface area (Å²) in [5.74, 6) is 1.22. The van der Waals surface area contributed by atoms with E-state index < -0.39 is 5.97 Å². The lowest BCUT2D eigenvalue weighted by Gasteiger charge is -2.36. The first-order valence-electron chi connectivity index (χ1n) is 8.61. The number of carboxylic acids is 1. The van der Waals surface area contributed by atoms with Crippen LogP contribution in [0.3, 0.4) is 0 Å². The van der Waals surface area contributed by atoms with E-state index in [-0.39, 0.29) is 11.8 Å². The van der Waals surface area contributed by atoms with Crippen LogP contribution in [0.25, 0.3) is 0 Å². The van der Waals surface area contributed by atoms with Gasteiger partial charge in [-0.25, -0.2) is 4.79 Å². The van der Waals surface area contributed by atoms with Crippen molar-refractivity contribution in [2.75, 3.05) is 0 Å². The zero-order chi connectivity index (χ0) is 15.9. The number of hydrogen-bond donors (Lipinski definition) is 1. The summed E-state index contributed by atoms with van der Waals surface area (Å²) in [6.45, 7) is 1.91. The number of hydrogen-bond acceptors (Lipinski definition) is 2. The number of aliphatic carboxylic acids is 1. The van der Waals surface area contributed by atoms with Gasteiger partial charge in [0.1, 0.15) is 0 Å². The van der Waals surface area contributed by atoms with Gasteiger partial charge in [-0.2, -0.15) is 5.26 Å². The van der Waals surface area contributed by atoms with Gasteiger partial charge in [0.2, 0.25) is 0 Å². The van der Waals surface area contributed by atoms with Crippen LogP contribution in [-0.2, 0) is 4.79 Å². The monoisotopic (exact) mass is 301 g/mol. The first-order valence-corrected chi connectivity index (χ1v) is 8.61. The van der Waals surface area contributed by atoms with Gasteiger partial charge >= 0.3 is 5.97 Å². The first kappa shape index (κ1) is 16.8. The highest BCUT2D eigenvalue weighted by Gasteiger charge is 2.32. The molecular weight excluding hydrogens is 274 g/mol. The molecule has 0 aliphatic heterocycles. The van der Waals surface area contributed by atoms with Gasteiger partial charge in [-0.15, -0.1) is 0 Å². The maximum atomic E-state index is 11.4. The van der Waals surface area contributed by atoms with Crippen LogP contribution in [0.4, 0.5) is 0 Å². The van der Waals surface area contributed by atoms with Crippen LogP contribution in [-0.4, -0.2) is 11.1 Å². The summed E-state index contributed by atoms with van der Waals surface area (Å²) >= 11 is 0. The van der Waals surface area contributed by atoms with Gasteiger partial charge in [0, 0.05) is 11.5 Å². The number of carbonyl (C=O) groups is 1. The van der Waals surface area contributed by atoms with E-state index in [1.165, 1.54) is 12.8 Å². The summed E-state index contributed by atoms with van der Waals surface area (Å²) in [6, 6.07) is 2.40. The Labute approximate surface area is 133 Å². The summed E-state index contributed by atoms with van der Waals surface area (Å²) in [5.41, 5.74) is 0.574. The number of nitrogens with zero attached hydrogens (tertiary/aromatic N) is 1. The van der Waals surface area contributed by atoms with Crippen molar-refractivity contribution in [3.05, 3.63) is 23.8 Å². The average Bonchev–Trinajstić information content (AvgIpc) is 2.55. The first-order chi connectivity index (χ1) is 10.7. The largest absolute Gasteiger partial charge is 0.478 e. The van der Waals surface area contributed by atoms with E-state index >= 15 is 0 Å². The molecule has 0 aromatic carbocycles. The molecule has 1 N–H and O–H groups in total. The van der Waals surface area contributed by atoms with E-state index in [1.54, 1.807) is 6.08 Å². The summed E-state index contributed by atoms with van der Waals surface area (Å²) in [5, 5.41) is 18.4. The Hall–Kier alpha value is -1.56. The Morgan fingerprint density at radius 1 is 1.05 bits per heavy atom. The second-order valence-electron chi connectivity index (χ2n) is 6.81. The van der Waals surface area contributed by atoms with E-state index in [1.807, 2.05) is 19.1 Å². The van der Waals surface area contributed by atoms with Crippen LogP contribution in [0.5, 0.6) is 0 Å². The molecule has 0 spiro atoms. The Balaban J connectivity index is 1.87. The van der Waals surface area contributed by atoms with E-state index in [2.05, 4.69) is 6.07 Å². The Bertz CT molecular complexity index is 470. The van der Waals surface area contributed by atoms with Crippen LogP contribution in [0.2, 0.25) is 0 Å². The second-order valence-corrected chi connectivity index (χ2v) is 6.81. The van der Waals surface area contributed by atoms with Gasteiger partial charge < -0.3 is 5.11 Å². The van der Waals surface area contributed by atoms with Gasteiger partial charge in [0.25, 0.3) is 0 Å². The SMILES string of the molecule is CC=CC=C(C(=O)O)[C@H]1CC[C@H]([C@H]2CC[C@H](C#N)CC2)CC1. The van der Waals surface area contributed by atoms with Gasteiger partial charge in [-0.05, 0) is 76.0 Å². The summed E-state index contributed by atoms with van der Waals surface area (Å²) in [6.07, 6.45) is 14.3. The Kier molecular flexibility index (Phi) is 6.24. The molecule has 2 aliphatic carbocycles. The van der Waals surface area contributed by atoms with Crippen LogP contribution in [0.15, 0.2) is 23.8 Å². The van der Waals surface area contributed by atoms with Crippen LogP contribution in [0.1, 0.15) is 58.3 Å². The van der Waals surface area contributed by atoms with Gasteiger partial charge in [0.05, 0.1) is 6.07 Å². The molecule has 0 saturated heterocycles. The number of rotatable bonds is 4. The lowest BCUT2D eigenvalue weighted by atomic mass is 9.68. The zero-order valence-electron chi connectivity index (χ0n) is 13.5. The quantitative estimate of drug-likeness (QED) is 0.604. The molecule has 2 rings (SSSR count). The van der Waals surface area contributed by atoms with E-state index in [9.17, 15) is 9.90 Å². The minimum absolute atomic E-state index is 0.209. The highest BCUT2D eigenvalue weighted by atomic mass is 16.4. The van der Waals surface area contributed by atoms with E-state index in [0.717, 1.165) is 50.4 Å². The van der Waals surface area contributed by atoms with Gasteiger partial charge in [-0.1, -0.05) is 18.2 Å². The van der Waals surface area contributed by atoms with E-state index in [0.29, 0.717) is 5.57 Å². The van der Waals surface area contributed by atoms with Crippen molar-refractivity contribution in [2.24, 2.45) is 23.7 Å². The fourth-order valence-electron chi connectivity index (χ4n) is 4.20. The smallest absolute Gasteiger partial charge is 0.331 e. The standard InChI is InChI=1S/C19H27NO2/c1-2-3-4-18(19(21)22)17-11-9-16(10-12-17)15-7-5-14(13-20)6-8-15/h2-4,14-17H,5-12H2,1H3,(H,21,22)/t14-,15-,16-,17-. The molecule has 0 radical (unpaired) electrons. The Morgan fingerprint density at radius 2 is 1.59 bits per heavy atom. The molecule has 0 heterocycles. The predicted octanol–water partition coefficient (Wildman–Crippen LogP) is 4.71. The van der Waals surface area contributed by atoms with Crippen LogP contribution in [0, 0.1) is 35.0 Å². The third-order valence-electron chi connectivity index (χ3n) is 5.55. The number of allylic oxidation sites excluding steroid dienone is 3. The molecule has 2 fully saturated rings. The lowest BCUT2D eigenvalue weighted by Crippen LogP contribution is -2.27. The third-order valence-corrected chi connectivity index (χ3v) is 5.55. The topological polar surface area (TPSA) is 61.1 Å². The molecule has 0 amide bonds. The fraction of sp³-hybridized carbons (Fsp3) is 0.684. The summed E-state index contributed by atoms with van der Waals surface area (Å²) < 4.78 is 0. The normalized spacial score (nSPS) is 33.5. The molecule has 120 valence electrons. The predicted molar refractivity (Wildman–Crippen MR) is 87.0 cm³/mol. The molecule has 0 atom stereocenters. The van der Waals surface area contributed by atoms with Crippen molar-refractivity contribution < 1.29 is 9.90 Å². The summed E-state index contributed by atoms with van der Waals surface area (Å²) in [7, 11) is 0. The fourth-order valence-corrected chi connectivity index (χ4v) is 4.20. The van der Waals surface area contributed by atoms with Crippen molar-refractivity contribution >= 4 is 5.97 Å². The Morgan fingerprint density at radius 3 is 2.05 bits per heavy atom.